The number of hydrogen-bond donors (Lipinski definition) is 5. The molecule has 0 saturated carbocycles. The van der Waals surface area contributed by atoms with E-state index in [0.717, 1.165) is 0 Å². The first-order valence-electron chi connectivity index (χ1n) is 9.33. The summed E-state index contributed by atoms with van der Waals surface area (Å²) in [5.41, 5.74) is 0. The SMILES string of the molecule is CC(C)CNC(=O)[C@H](C)NC(=O)[C@H](C)NC(=O)[C@H](C)NC(=O)CCCC(=O)O. The van der Waals surface area contributed by atoms with Crippen LogP contribution in [-0.4, -0.2) is 59.4 Å². The van der Waals surface area contributed by atoms with Crippen molar-refractivity contribution in [1.82, 2.24) is 21.3 Å². The summed E-state index contributed by atoms with van der Waals surface area (Å²) < 4.78 is 0. The standard InChI is InChI=1S/C18H32N4O6/c1-10(2)9-19-16(26)11(3)21-18(28)13(5)22-17(27)12(4)20-14(23)7-6-8-15(24)25/h10-13H,6-9H2,1-5H3,(H,19,26)(H,20,23)(H,21,28)(H,22,27)(H,24,25)/t11-,12-,13-/m0/s1. The van der Waals surface area contributed by atoms with E-state index in [1.165, 1.54) is 13.8 Å². The molecule has 10 heteroatoms. The van der Waals surface area contributed by atoms with Crippen molar-refractivity contribution in [2.75, 3.05) is 6.54 Å². The molecule has 4 amide bonds. The van der Waals surface area contributed by atoms with E-state index < -0.39 is 41.8 Å². The monoisotopic (exact) mass is 400 g/mol. The summed E-state index contributed by atoms with van der Waals surface area (Å²) in [7, 11) is 0. The molecular formula is C18H32N4O6. The van der Waals surface area contributed by atoms with Gasteiger partial charge in [0.1, 0.15) is 18.1 Å². The lowest BCUT2D eigenvalue weighted by atomic mass is 10.2. The van der Waals surface area contributed by atoms with Gasteiger partial charge >= 0.3 is 5.97 Å². The van der Waals surface area contributed by atoms with Gasteiger partial charge in [0.05, 0.1) is 0 Å². The molecule has 3 atom stereocenters. The number of rotatable bonds is 12. The molecule has 0 heterocycles. The molecule has 0 aliphatic carbocycles. The van der Waals surface area contributed by atoms with Gasteiger partial charge in [-0.05, 0) is 33.1 Å². The number of carboxylic acids is 1. The molecule has 0 aromatic heterocycles. The highest BCUT2D eigenvalue weighted by Crippen LogP contribution is 1.97. The lowest BCUT2D eigenvalue weighted by Gasteiger charge is -2.20. The van der Waals surface area contributed by atoms with Gasteiger partial charge in [-0.2, -0.15) is 0 Å². The topological polar surface area (TPSA) is 154 Å². The number of carboxylic acid groups (broad SMARTS) is 1. The molecule has 0 radical (unpaired) electrons. The predicted octanol–water partition coefficient (Wildman–Crippen LogP) is -0.472. The number of hydrogen-bond acceptors (Lipinski definition) is 5. The third kappa shape index (κ3) is 11.1. The van der Waals surface area contributed by atoms with E-state index in [0.29, 0.717) is 6.54 Å². The predicted molar refractivity (Wildman–Crippen MR) is 102 cm³/mol. The summed E-state index contributed by atoms with van der Waals surface area (Å²) in [4.78, 5) is 58.2. The average Bonchev–Trinajstić information content (AvgIpc) is 2.58. The minimum absolute atomic E-state index is 0.0109. The molecular weight excluding hydrogens is 368 g/mol. The number of carbonyl (C=O) groups is 5. The summed E-state index contributed by atoms with van der Waals surface area (Å²) in [6.45, 7) is 8.86. The molecule has 0 spiro atoms. The Balaban J connectivity index is 4.36. The van der Waals surface area contributed by atoms with Crippen LogP contribution in [0.2, 0.25) is 0 Å². The van der Waals surface area contributed by atoms with Gasteiger partial charge in [-0.15, -0.1) is 0 Å². The molecule has 0 unspecified atom stereocenters. The Morgan fingerprint density at radius 2 is 1.18 bits per heavy atom. The van der Waals surface area contributed by atoms with Crippen LogP contribution in [0.1, 0.15) is 53.9 Å². The smallest absolute Gasteiger partial charge is 0.303 e. The average molecular weight is 400 g/mol. The molecule has 0 rings (SSSR count). The van der Waals surface area contributed by atoms with E-state index in [2.05, 4.69) is 21.3 Å². The van der Waals surface area contributed by atoms with Gasteiger partial charge in [-0.1, -0.05) is 13.8 Å². The lowest BCUT2D eigenvalue weighted by molar-refractivity contribution is -0.137. The summed E-state index contributed by atoms with van der Waals surface area (Å²) in [5.74, 6) is -2.57. The molecule has 28 heavy (non-hydrogen) atoms. The van der Waals surface area contributed by atoms with Crippen LogP contribution in [0.4, 0.5) is 0 Å². The van der Waals surface area contributed by atoms with Crippen molar-refractivity contribution in [1.29, 1.82) is 0 Å². The fourth-order valence-electron chi connectivity index (χ4n) is 2.05. The zero-order valence-corrected chi connectivity index (χ0v) is 17.1. The Bertz CT molecular complexity index is 578. The molecule has 0 saturated heterocycles. The second-order valence-electron chi connectivity index (χ2n) is 7.14. The van der Waals surface area contributed by atoms with Gasteiger partial charge < -0.3 is 26.4 Å². The van der Waals surface area contributed by atoms with Crippen LogP contribution in [0.25, 0.3) is 0 Å². The van der Waals surface area contributed by atoms with E-state index in [1.54, 1.807) is 6.92 Å². The largest absolute Gasteiger partial charge is 0.481 e. The van der Waals surface area contributed by atoms with Crippen LogP contribution in [0.15, 0.2) is 0 Å². The summed E-state index contributed by atoms with van der Waals surface area (Å²) in [6, 6.07) is -2.55. The van der Waals surface area contributed by atoms with Crippen molar-refractivity contribution >= 4 is 29.6 Å². The molecule has 160 valence electrons. The van der Waals surface area contributed by atoms with Crippen molar-refractivity contribution in [2.45, 2.75) is 72.0 Å². The van der Waals surface area contributed by atoms with Crippen LogP contribution in [0.5, 0.6) is 0 Å². The first-order valence-corrected chi connectivity index (χ1v) is 9.33. The highest BCUT2D eigenvalue weighted by Gasteiger charge is 2.23. The first-order chi connectivity index (χ1) is 12.9. The molecule has 0 fully saturated rings. The van der Waals surface area contributed by atoms with Gasteiger partial charge in [0.15, 0.2) is 0 Å². The van der Waals surface area contributed by atoms with Crippen molar-refractivity contribution in [3.8, 4) is 0 Å². The molecule has 10 nitrogen and oxygen atoms in total. The normalized spacial score (nSPS) is 13.8. The maximum atomic E-state index is 12.1. The second-order valence-corrected chi connectivity index (χ2v) is 7.14. The first kappa shape index (κ1) is 25.4. The van der Waals surface area contributed by atoms with Crippen molar-refractivity contribution in [2.24, 2.45) is 5.92 Å². The van der Waals surface area contributed by atoms with Gasteiger partial charge in [0.25, 0.3) is 0 Å². The van der Waals surface area contributed by atoms with Gasteiger partial charge in [-0.3, -0.25) is 24.0 Å². The van der Waals surface area contributed by atoms with Crippen LogP contribution in [-0.2, 0) is 24.0 Å². The van der Waals surface area contributed by atoms with Gasteiger partial charge in [0, 0.05) is 19.4 Å². The Morgan fingerprint density at radius 1 is 0.714 bits per heavy atom. The molecule has 0 bridgehead atoms. The highest BCUT2D eigenvalue weighted by molar-refractivity contribution is 5.93. The van der Waals surface area contributed by atoms with Crippen molar-refractivity contribution < 1.29 is 29.1 Å². The van der Waals surface area contributed by atoms with Crippen molar-refractivity contribution in [3.05, 3.63) is 0 Å². The Kier molecular flexibility index (Phi) is 11.5. The maximum absolute atomic E-state index is 12.1. The zero-order chi connectivity index (χ0) is 21.9. The summed E-state index contributed by atoms with van der Waals surface area (Å²) in [5, 5.41) is 18.7. The quantitative estimate of drug-likeness (QED) is 0.298. The number of aliphatic carboxylic acids is 1. The minimum Gasteiger partial charge on any atom is -0.481 e. The fourth-order valence-corrected chi connectivity index (χ4v) is 2.05. The summed E-state index contributed by atoms with van der Waals surface area (Å²) >= 11 is 0. The van der Waals surface area contributed by atoms with Gasteiger partial charge in [0.2, 0.25) is 23.6 Å². The van der Waals surface area contributed by atoms with E-state index in [-0.39, 0.29) is 31.1 Å². The lowest BCUT2D eigenvalue weighted by Crippen LogP contribution is -2.54. The Hall–Kier alpha value is -2.65. The Morgan fingerprint density at radius 3 is 1.64 bits per heavy atom. The number of nitrogens with one attached hydrogen (secondary N) is 4. The number of carbonyl (C=O) groups excluding carboxylic acids is 4. The molecule has 0 aliphatic heterocycles. The van der Waals surface area contributed by atoms with E-state index in [4.69, 9.17) is 5.11 Å². The van der Waals surface area contributed by atoms with Gasteiger partial charge in [-0.25, -0.2) is 0 Å². The zero-order valence-electron chi connectivity index (χ0n) is 17.1. The van der Waals surface area contributed by atoms with Crippen LogP contribution >= 0.6 is 0 Å². The third-order valence-corrected chi connectivity index (χ3v) is 3.75. The fraction of sp³-hybridized carbons (Fsp3) is 0.722. The maximum Gasteiger partial charge on any atom is 0.303 e. The van der Waals surface area contributed by atoms with E-state index in [9.17, 15) is 24.0 Å². The third-order valence-electron chi connectivity index (χ3n) is 3.75. The minimum atomic E-state index is -0.995. The van der Waals surface area contributed by atoms with E-state index in [1.807, 2.05) is 13.8 Å². The van der Waals surface area contributed by atoms with Crippen LogP contribution < -0.4 is 21.3 Å². The highest BCUT2D eigenvalue weighted by atomic mass is 16.4. The molecule has 0 aromatic carbocycles. The molecule has 0 aromatic rings. The molecule has 0 aliphatic rings. The number of amides is 4. The summed E-state index contributed by atoms with van der Waals surface area (Å²) in [6.07, 6.45) is 0.0299. The van der Waals surface area contributed by atoms with Crippen LogP contribution in [0.3, 0.4) is 0 Å². The van der Waals surface area contributed by atoms with Crippen LogP contribution in [0, 0.1) is 5.92 Å². The molecule has 5 N–H and O–H groups in total. The second kappa shape index (κ2) is 12.7. The van der Waals surface area contributed by atoms with Crippen molar-refractivity contribution in [3.63, 3.8) is 0 Å². The van der Waals surface area contributed by atoms with E-state index >= 15 is 0 Å². The Labute approximate surface area is 165 Å².